The van der Waals surface area contributed by atoms with E-state index in [-0.39, 0.29) is 12.0 Å². The van der Waals surface area contributed by atoms with Gasteiger partial charge in [-0.1, -0.05) is 11.6 Å². The summed E-state index contributed by atoms with van der Waals surface area (Å²) in [5.74, 6) is 0.400. The summed E-state index contributed by atoms with van der Waals surface area (Å²) in [4.78, 5) is 35.6. The van der Waals surface area contributed by atoms with E-state index in [4.69, 9.17) is 21.1 Å². The van der Waals surface area contributed by atoms with Gasteiger partial charge in [0.1, 0.15) is 5.82 Å². The number of halogens is 1. The summed E-state index contributed by atoms with van der Waals surface area (Å²) in [6.07, 6.45) is 2.34. The number of nitrogens with zero attached hydrogens (tertiary/aromatic N) is 4. The maximum atomic E-state index is 13.1. The maximum absolute atomic E-state index is 13.1. The van der Waals surface area contributed by atoms with Crippen LogP contribution in [0.15, 0.2) is 36.5 Å². The van der Waals surface area contributed by atoms with Crippen molar-refractivity contribution in [3.8, 4) is 0 Å². The molecule has 10 heteroatoms. The minimum Gasteiger partial charge on any atom is -0.462 e. The van der Waals surface area contributed by atoms with Gasteiger partial charge in [-0.25, -0.2) is 14.6 Å². The van der Waals surface area contributed by atoms with Crippen LogP contribution in [0.4, 0.5) is 22.0 Å². The number of nitrogens with one attached hydrogen (secondary N) is 1. The van der Waals surface area contributed by atoms with Crippen LogP contribution in [-0.4, -0.2) is 81.0 Å². The minimum atomic E-state index is -0.377. The Labute approximate surface area is 204 Å². The lowest BCUT2D eigenvalue weighted by Crippen LogP contribution is -2.39. The van der Waals surface area contributed by atoms with Crippen LogP contribution >= 0.6 is 11.6 Å². The summed E-state index contributed by atoms with van der Waals surface area (Å²) >= 11 is 6.24. The average Bonchev–Trinajstić information content (AvgIpc) is 3.11. The van der Waals surface area contributed by atoms with Gasteiger partial charge in [-0.05, 0) is 43.7 Å². The van der Waals surface area contributed by atoms with Crippen LogP contribution in [0.5, 0.6) is 0 Å². The maximum Gasteiger partial charge on any atom is 0.339 e. The Hall–Kier alpha value is -3.04. The number of carbonyl (C=O) groups excluding carboxylic acids is 2. The number of anilines is 3. The third-order valence-electron chi connectivity index (χ3n) is 5.92. The number of aromatic nitrogens is 1. The number of rotatable bonds is 5. The standard InChI is InChI=1S/C24H30ClN5O4/c1-2-34-23(31)18-4-7-22(26-17-18)29-8-3-9-30(11-10-29)24(32)27-20-16-19(25)5-6-21(20)28-12-14-33-15-13-28/h4-7,16-17H,2-3,8-15H2,1H3,(H,27,32). The van der Waals surface area contributed by atoms with Crippen LogP contribution in [-0.2, 0) is 9.47 Å². The Bertz CT molecular complexity index is 997. The number of benzene rings is 1. The number of hydrogen-bond acceptors (Lipinski definition) is 7. The highest BCUT2D eigenvalue weighted by atomic mass is 35.5. The molecule has 1 aromatic heterocycles. The Balaban J connectivity index is 1.39. The lowest BCUT2D eigenvalue weighted by molar-refractivity contribution is 0.0526. The molecule has 1 aromatic carbocycles. The Morgan fingerprint density at radius 2 is 1.88 bits per heavy atom. The highest BCUT2D eigenvalue weighted by Gasteiger charge is 2.22. The van der Waals surface area contributed by atoms with Gasteiger partial charge in [0.05, 0.1) is 36.8 Å². The minimum absolute atomic E-state index is 0.149. The second-order valence-electron chi connectivity index (χ2n) is 8.14. The lowest BCUT2D eigenvalue weighted by atomic mass is 10.2. The van der Waals surface area contributed by atoms with Crippen molar-refractivity contribution in [1.29, 1.82) is 0 Å². The first-order valence-electron chi connectivity index (χ1n) is 11.6. The molecule has 3 heterocycles. The summed E-state index contributed by atoms with van der Waals surface area (Å²) in [6.45, 7) is 7.56. The normalized spacial score (nSPS) is 16.7. The van der Waals surface area contributed by atoms with Crippen molar-refractivity contribution in [3.05, 3.63) is 47.1 Å². The molecule has 0 aliphatic carbocycles. The summed E-state index contributed by atoms with van der Waals surface area (Å²) in [6, 6.07) is 8.98. The van der Waals surface area contributed by atoms with E-state index in [0.717, 1.165) is 37.6 Å². The highest BCUT2D eigenvalue weighted by molar-refractivity contribution is 6.31. The molecule has 182 valence electrons. The van der Waals surface area contributed by atoms with Gasteiger partial charge in [-0.3, -0.25) is 0 Å². The number of ether oxygens (including phenoxy) is 2. The average molecular weight is 488 g/mol. The van der Waals surface area contributed by atoms with Gasteiger partial charge >= 0.3 is 12.0 Å². The fourth-order valence-electron chi connectivity index (χ4n) is 4.14. The van der Waals surface area contributed by atoms with Gasteiger partial charge < -0.3 is 29.5 Å². The van der Waals surface area contributed by atoms with Crippen LogP contribution in [0, 0.1) is 0 Å². The molecule has 0 unspecified atom stereocenters. The van der Waals surface area contributed by atoms with Gasteiger partial charge in [0, 0.05) is 50.5 Å². The zero-order valence-corrected chi connectivity index (χ0v) is 20.1. The molecule has 1 N–H and O–H groups in total. The second-order valence-corrected chi connectivity index (χ2v) is 8.58. The molecule has 34 heavy (non-hydrogen) atoms. The first kappa shape index (κ1) is 24.1. The molecule has 2 aliphatic heterocycles. The van der Waals surface area contributed by atoms with E-state index in [1.54, 1.807) is 19.1 Å². The van der Waals surface area contributed by atoms with Crippen molar-refractivity contribution >= 4 is 40.8 Å². The molecular formula is C24H30ClN5O4. The molecule has 0 bridgehead atoms. The summed E-state index contributed by atoms with van der Waals surface area (Å²) in [5.41, 5.74) is 2.08. The topological polar surface area (TPSA) is 87.2 Å². The number of amides is 2. The third-order valence-corrected chi connectivity index (χ3v) is 6.15. The van der Waals surface area contributed by atoms with Crippen LogP contribution < -0.4 is 15.1 Å². The van der Waals surface area contributed by atoms with Crippen LogP contribution in [0.25, 0.3) is 0 Å². The van der Waals surface area contributed by atoms with Crippen molar-refractivity contribution in [2.75, 3.05) is 74.2 Å². The van der Waals surface area contributed by atoms with Gasteiger partial charge in [-0.2, -0.15) is 0 Å². The van der Waals surface area contributed by atoms with E-state index in [1.165, 1.54) is 6.20 Å². The molecule has 0 atom stereocenters. The number of carbonyl (C=O) groups is 2. The molecule has 9 nitrogen and oxygen atoms in total. The summed E-state index contributed by atoms with van der Waals surface area (Å²) < 4.78 is 10.5. The van der Waals surface area contributed by atoms with Crippen LogP contribution in [0.2, 0.25) is 5.02 Å². The van der Waals surface area contributed by atoms with Crippen molar-refractivity contribution in [3.63, 3.8) is 0 Å². The smallest absolute Gasteiger partial charge is 0.339 e. The summed E-state index contributed by atoms with van der Waals surface area (Å²) in [5, 5.41) is 3.64. The quantitative estimate of drug-likeness (QED) is 0.646. The zero-order chi connectivity index (χ0) is 23.9. The molecular weight excluding hydrogens is 458 g/mol. The molecule has 4 rings (SSSR count). The van der Waals surface area contributed by atoms with E-state index < -0.39 is 0 Å². The third kappa shape index (κ3) is 5.90. The van der Waals surface area contributed by atoms with Crippen LogP contribution in [0.1, 0.15) is 23.7 Å². The predicted octanol–water partition coefficient (Wildman–Crippen LogP) is 3.49. The first-order chi connectivity index (χ1) is 16.5. The van der Waals surface area contributed by atoms with Crippen molar-refractivity contribution < 1.29 is 19.1 Å². The molecule has 2 fully saturated rings. The molecule has 2 saturated heterocycles. The predicted molar refractivity (Wildman–Crippen MR) is 132 cm³/mol. The molecule has 2 aliphatic rings. The number of hydrogen-bond donors (Lipinski definition) is 1. The van der Waals surface area contributed by atoms with E-state index in [1.807, 2.05) is 23.1 Å². The van der Waals surface area contributed by atoms with Gasteiger partial charge in [0.2, 0.25) is 0 Å². The molecule has 0 saturated carbocycles. The number of morpholine rings is 1. The lowest BCUT2D eigenvalue weighted by Gasteiger charge is -2.31. The second kappa shape index (κ2) is 11.4. The van der Waals surface area contributed by atoms with Crippen molar-refractivity contribution in [2.45, 2.75) is 13.3 Å². The van der Waals surface area contributed by atoms with Crippen molar-refractivity contribution in [2.24, 2.45) is 0 Å². The highest BCUT2D eigenvalue weighted by Crippen LogP contribution is 2.30. The van der Waals surface area contributed by atoms with Gasteiger partial charge in [-0.15, -0.1) is 0 Å². The fraction of sp³-hybridized carbons (Fsp3) is 0.458. The van der Waals surface area contributed by atoms with Gasteiger partial charge in [0.25, 0.3) is 0 Å². The fourth-order valence-corrected chi connectivity index (χ4v) is 4.31. The number of esters is 1. The van der Waals surface area contributed by atoms with E-state index >= 15 is 0 Å². The van der Waals surface area contributed by atoms with Crippen molar-refractivity contribution in [1.82, 2.24) is 9.88 Å². The molecule has 0 radical (unpaired) electrons. The monoisotopic (exact) mass is 487 g/mol. The van der Waals surface area contributed by atoms with E-state index in [0.29, 0.717) is 55.7 Å². The number of urea groups is 1. The first-order valence-corrected chi connectivity index (χ1v) is 12.0. The van der Waals surface area contributed by atoms with Crippen LogP contribution in [0.3, 0.4) is 0 Å². The summed E-state index contributed by atoms with van der Waals surface area (Å²) in [7, 11) is 0. The molecule has 2 amide bonds. The SMILES string of the molecule is CCOC(=O)c1ccc(N2CCCN(C(=O)Nc3cc(Cl)ccc3N3CCOCC3)CC2)nc1. The molecule has 2 aromatic rings. The zero-order valence-electron chi connectivity index (χ0n) is 19.3. The largest absolute Gasteiger partial charge is 0.462 e. The van der Waals surface area contributed by atoms with E-state index in [2.05, 4.69) is 20.1 Å². The number of pyridine rings is 1. The van der Waals surface area contributed by atoms with Gasteiger partial charge in [0.15, 0.2) is 0 Å². The Morgan fingerprint density at radius 1 is 1.06 bits per heavy atom. The molecule has 0 spiro atoms. The Morgan fingerprint density at radius 3 is 2.62 bits per heavy atom. The Kier molecular flexibility index (Phi) is 8.08. The van der Waals surface area contributed by atoms with E-state index in [9.17, 15) is 9.59 Å².